The van der Waals surface area contributed by atoms with E-state index in [9.17, 15) is 30.6 Å². The van der Waals surface area contributed by atoms with Crippen molar-refractivity contribution < 1.29 is 44.8 Å². The summed E-state index contributed by atoms with van der Waals surface area (Å²) in [7, 11) is 0. The Morgan fingerprint density at radius 2 is 0.952 bits per heavy atom. The van der Waals surface area contributed by atoms with E-state index in [-0.39, 0.29) is 53.8 Å². The second-order valence-electron chi connectivity index (χ2n) is 14.2. The summed E-state index contributed by atoms with van der Waals surface area (Å²) in [6, 6.07) is 0. The van der Waals surface area contributed by atoms with Crippen molar-refractivity contribution in [2.75, 3.05) is 5.75 Å². The normalized spacial score (nSPS) is 53.8. The monoisotopic (exact) mass is 618 g/mol. The van der Waals surface area contributed by atoms with E-state index in [4.69, 9.17) is 14.2 Å². The lowest BCUT2D eigenvalue weighted by Crippen LogP contribution is -2.55. The summed E-state index contributed by atoms with van der Waals surface area (Å²) in [5, 5.41) is 65.5. The Bertz CT molecular complexity index is 847. The van der Waals surface area contributed by atoms with E-state index < -0.39 is 54.9 Å². The zero-order valence-electron chi connectivity index (χ0n) is 26.3. The number of hydrogen-bond donors (Lipinski definition) is 7. The molecule has 0 amide bonds. The molecule has 17 unspecified atom stereocenters. The fourth-order valence-corrected chi connectivity index (χ4v) is 9.02. The largest absolute Gasteiger partial charge is 0.393 e. The van der Waals surface area contributed by atoms with Gasteiger partial charge in [-0.3, -0.25) is 0 Å². The number of hydrogen-bond acceptors (Lipinski definition) is 10. The first-order chi connectivity index (χ1) is 19.8. The van der Waals surface area contributed by atoms with Gasteiger partial charge in [0, 0.05) is 23.5 Å². The molecule has 9 nitrogen and oxygen atoms in total. The Balaban J connectivity index is 1.50. The fourth-order valence-electron chi connectivity index (χ4n) is 8.67. The van der Waals surface area contributed by atoms with Crippen LogP contribution in [-0.4, -0.2) is 110 Å². The molecule has 0 aromatic carbocycles. The summed E-state index contributed by atoms with van der Waals surface area (Å²) in [5.41, 5.74) is 0. The van der Waals surface area contributed by atoms with Gasteiger partial charge in [0.25, 0.3) is 0 Å². The van der Waals surface area contributed by atoms with Crippen LogP contribution in [0.15, 0.2) is 0 Å². The van der Waals surface area contributed by atoms with Crippen molar-refractivity contribution in [2.24, 2.45) is 41.4 Å². The van der Waals surface area contributed by atoms with Crippen LogP contribution >= 0.6 is 12.6 Å². The van der Waals surface area contributed by atoms with Gasteiger partial charge >= 0.3 is 0 Å². The van der Waals surface area contributed by atoms with E-state index >= 15 is 0 Å². The van der Waals surface area contributed by atoms with Crippen molar-refractivity contribution >= 4 is 12.6 Å². The lowest BCUT2D eigenvalue weighted by molar-refractivity contribution is -0.206. The molecule has 4 fully saturated rings. The molecule has 1 saturated carbocycles. The van der Waals surface area contributed by atoms with Crippen LogP contribution in [0, 0.1) is 41.4 Å². The highest BCUT2D eigenvalue weighted by molar-refractivity contribution is 7.80. The van der Waals surface area contributed by atoms with E-state index in [0.29, 0.717) is 43.8 Å². The van der Waals surface area contributed by atoms with Gasteiger partial charge < -0.3 is 44.8 Å². The van der Waals surface area contributed by atoms with Crippen LogP contribution in [-0.2, 0) is 14.2 Å². The van der Waals surface area contributed by atoms with Crippen LogP contribution in [0.2, 0.25) is 0 Å². The van der Waals surface area contributed by atoms with Crippen molar-refractivity contribution in [3.63, 3.8) is 0 Å². The van der Waals surface area contributed by atoms with E-state index in [2.05, 4.69) is 26.5 Å². The average molecular weight is 619 g/mol. The summed E-state index contributed by atoms with van der Waals surface area (Å²) in [6.07, 6.45) is -3.45. The van der Waals surface area contributed by atoms with Crippen LogP contribution in [0.1, 0.15) is 80.1 Å². The van der Waals surface area contributed by atoms with Crippen molar-refractivity contribution in [3.8, 4) is 0 Å². The molecule has 3 heterocycles. The molecule has 0 bridgehead atoms. The highest BCUT2D eigenvalue weighted by Gasteiger charge is 2.51. The van der Waals surface area contributed by atoms with Gasteiger partial charge in [0.15, 0.2) is 0 Å². The first-order valence-corrected chi connectivity index (χ1v) is 17.1. The van der Waals surface area contributed by atoms with Gasteiger partial charge in [-0.25, -0.2) is 0 Å². The molecule has 0 spiro atoms. The van der Waals surface area contributed by atoms with Crippen LogP contribution in [0.25, 0.3) is 0 Å². The van der Waals surface area contributed by atoms with Gasteiger partial charge in [0.2, 0.25) is 0 Å². The predicted molar refractivity (Wildman–Crippen MR) is 162 cm³/mol. The van der Waals surface area contributed by atoms with Gasteiger partial charge in [-0.2, -0.15) is 12.6 Å². The molecular weight excluding hydrogens is 560 g/mol. The number of aliphatic hydroxyl groups excluding tert-OH is 6. The maximum absolute atomic E-state index is 11.6. The topological polar surface area (TPSA) is 149 Å². The quantitative estimate of drug-likeness (QED) is 0.193. The zero-order valence-corrected chi connectivity index (χ0v) is 27.2. The average Bonchev–Trinajstić information content (AvgIpc) is 3.27. The maximum Gasteiger partial charge on any atom is 0.106 e. The number of aliphatic hydroxyl groups is 6. The Hall–Kier alpha value is -0.0100. The molecule has 4 rings (SSSR count). The Labute approximate surface area is 257 Å². The van der Waals surface area contributed by atoms with Gasteiger partial charge in [-0.05, 0) is 62.2 Å². The van der Waals surface area contributed by atoms with E-state index in [1.165, 1.54) is 0 Å². The molecule has 3 aliphatic heterocycles. The minimum atomic E-state index is -0.930. The Morgan fingerprint density at radius 1 is 0.500 bits per heavy atom. The summed E-state index contributed by atoms with van der Waals surface area (Å²) in [4.78, 5) is 0. The molecule has 10 heteroatoms. The van der Waals surface area contributed by atoms with Gasteiger partial charge in [0.05, 0.1) is 61.0 Å². The summed E-state index contributed by atoms with van der Waals surface area (Å²) < 4.78 is 19.0. The first-order valence-electron chi connectivity index (χ1n) is 16.5. The van der Waals surface area contributed by atoms with Crippen molar-refractivity contribution in [2.45, 2.75) is 153 Å². The van der Waals surface area contributed by atoms with Crippen molar-refractivity contribution in [1.29, 1.82) is 0 Å². The molecule has 19 atom stereocenters. The second kappa shape index (κ2) is 14.6. The Morgan fingerprint density at radius 3 is 1.43 bits per heavy atom. The molecule has 0 radical (unpaired) electrons. The number of ether oxygens (including phenoxy) is 3. The highest BCUT2D eigenvalue weighted by atomic mass is 32.1. The standard InChI is InChI=1S/C32H58O9S/c1-7-21-31(37)28(34)16(5)23(39-21)10-18-14(3)9-15(4)27(33)19(18)11-25-30(36)20(26(13-42)41-25)12-24-17(6)29(35)32(38)22(8-2)40-24/h14-38,42H,7-13H2,1-6H3/t14?,15?,16?,17?,18?,19?,20?,21?,22?,23?,24?,25-,26+,27?,28?,29?,30?,31?,32?/m0/s1. The van der Waals surface area contributed by atoms with Gasteiger partial charge in [-0.15, -0.1) is 0 Å². The molecule has 0 aromatic heterocycles. The van der Waals surface area contributed by atoms with Crippen LogP contribution in [0.3, 0.4) is 0 Å². The van der Waals surface area contributed by atoms with E-state index in [1.54, 1.807) is 0 Å². The number of thiol groups is 1. The lowest BCUT2D eigenvalue weighted by Gasteiger charge is -2.48. The number of rotatable bonds is 9. The third-order valence-corrected chi connectivity index (χ3v) is 12.0. The van der Waals surface area contributed by atoms with Crippen LogP contribution in [0.5, 0.6) is 0 Å². The van der Waals surface area contributed by atoms with Crippen LogP contribution in [0.4, 0.5) is 0 Å². The maximum atomic E-state index is 11.6. The smallest absolute Gasteiger partial charge is 0.106 e. The molecule has 246 valence electrons. The SMILES string of the molecule is CCC1OC(CC2C(C)CC(C)C(O)C2C[C@@H]2O[C@H](CS)C(CC3OC(CC)C(O)C(O)C3C)C2O)C(C)C(O)C1O. The van der Waals surface area contributed by atoms with Gasteiger partial charge in [-0.1, -0.05) is 41.5 Å². The molecule has 4 aliphatic rings. The van der Waals surface area contributed by atoms with E-state index in [0.717, 1.165) is 6.42 Å². The zero-order chi connectivity index (χ0) is 31.0. The molecule has 42 heavy (non-hydrogen) atoms. The second-order valence-corrected chi connectivity index (χ2v) is 14.6. The third kappa shape index (κ3) is 6.88. The van der Waals surface area contributed by atoms with E-state index in [1.807, 2.05) is 27.7 Å². The first kappa shape index (κ1) is 34.9. The Kier molecular flexibility index (Phi) is 12.1. The molecular formula is C32H58O9S. The van der Waals surface area contributed by atoms with Crippen molar-refractivity contribution in [3.05, 3.63) is 0 Å². The highest BCUT2D eigenvalue weighted by Crippen LogP contribution is 2.47. The fraction of sp³-hybridized carbons (Fsp3) is 1.00. The van der Waals surface area contributed by atoms with Gasteiger partial charge in [0.1, 0.15) is 12.2 Å². The summed E-state index contributed by atoms with van der Waals surface area (Å²) >= 11 is 4.55. The lowest BCUT2D eigenvalue weighted by atomic mass is 9.62. The molecule has 0 aromatic rings. The summed E-state index contributed by atoms with van der Waals surface area (Å²) in [5.74, 6) is 0.0155. The molecule has 6 N–H and O–H groups in total. The minimum absolute atomic E-state index is 0.0940. The predicted octanol–water partition coefficient (Wildman–Crippen LogP) is 2.17. The summed E-state index contributed by atoms with van der Waals surface area (Å²) in [6.45, 7) is 12.0. The molecule has 1 aliphatic carbocycles. The van der Waals surface area contributed by atoms with Crippen LogP contribution < -0.4 is 0 Å². The minimum Gasteiger partial charge on any atom is -0.393 e. The third-order valence-electron chi connectivity index (χ3n) is 11.6. The van der Waals surface area contributed by atoms with Crippen molar-refractivity contribution in [1.82, 2.24) is 0 Å². The molecule has 3 saturated heterocycles.